The van der Waals surface area contributed by atoms with Crippen molar-refractivity contribution in [2.24, 2.45) is 0 Å². The van der Waals surface area contributed by atoms with Crippen LogP contribution in [0.1, 0.15) is 39.0 Å². The first-order chi connectivity index (χ1) is 5.18. The van der Waals surface area contributed by atoms with E-state index in [1.165, 1.54) is 19.3 Å². The Balaban J connectivity index is 3.32. The molecule has 0 aliphatic heterocycles. The van der Waals surface area contributed by atoms with Crippen molar-refractivity contribution in [1.82, 2.24) is 0 Å². The molecule has 0 aliphatic carbocycles. The van der Waals surface area contributed by atoms with Gasteiger partial charge in [0.05, 0.1) is 0 Å². The van der Waals surface area contributed by atoms with E-state index in [1.807, 2.05) is 0 Å². The van der Waals surface area contributed by atoms with Gasteiger partial charge in [0, 0.05) is 4.48 Å². The first kappa shape index (κ1) is 11.5. The van der Waals surface area contributed by atoms with Gasteiger partial charge in [0.15, 0.2) is 4.67 Å². The average molecular weight is 286 g/mol. The first-order valence-corrected chi connectivity index (χ1v) is 5.50. The van der Waals surface area contributed by atoms with Crippen LogP contribution in [0.15, 0.2) is 9.15 Å². The summed E-state index contributed by atoms with van der Waals surface area (Å²) in [7, 11) is 0. The summed E-state index contributed by atoms with van der Waals surface area (Å²) in [4.78, 5) is 0. The molecule has 0 unspecified atom stereocenters. The lowest BCUT2D eigenvalue weighted by Crippen LogP contribution is -1.79. The Hall–Kier alpha value is 0.500. The van der Waals surface area contributed by atoms with Gasteiger partial charge >= 0.3 is 0 Å². The quantitative estimate of drug-likeness (QED) is 0.583. The average Bonchev–Trinajstić information content (AvgIpc) is 1.97. The molecule has 0 spiro atoms. The zero-order valence-electron chi connectivity index (χ0n) is 6.74. The highest BCUT2D eigenvalue weighted by Gasteiger charge is 1.97. The van der Waals surface area contributed by atoms with E-state index in [-0.39, 0.29) is 4.67 Å². The molecule has 0 rings (SSSR count). The summed E-state index contributed by atoms with van der Waals surface area (Å²) in [6.07, 6.45) is 5.85. The van der Waals surface area contributed by atoms with Gasteiger partial charge in [-0.2, -0.15) is 0 Å². The van der Waals surface area contributed by atoms with Crippen LogP contribution in [0.4, 0.5) is 0 Å². The van der Waals surface area contributed by atoms with E-state index in [2.05, 4.69) is 38.8 Å². The number of hydrogen-bond acceptors (Lipinski definition) is 1. The largest absolute Gasteiger partial charge is 0.501 e. The molecule has 0 aliphatic rings. The smallest absolute Gasteiger partial charge is 0.169 e. The fourth-order valence-electron chi connectivity index (χ4n) is 0.810. The molecule has 0 fully saturated rings. The lowest BCUT2D eigenvalue weighted by atomic mass is 10.1. The first-order valence-electron chi connectivity index (χ1n) is 3.91. The summed E-state index contributed by atoms with van der Waals surface area (Å²) in [5.74, 6) is 0. The molecule has 0 saturated carbocycles. The number of allylic oxidation sites excluding steroid dienone is 1. The monoisotopic (exact) mass is 284 g/mol. The SMILES string of the molecule is CCCCCC/C(Br)=C(/O)Br. The van der Waals surface area contributed by atoms with Gasteiger partial charge in [-0.05, 0) is 28.8 Å². The van der Waals surface area contributed by atoms with Gasteiger partial charge in [0.2, 0.25) is 0 Å². The number of rotatable bonds is 5. The van der Waals surface area contributed by atoms with Crippen molar-refractivity contribution < 1.29 is 5.11 Å². The molecule has 0 saturated heterocycles. The topological polar surface area (TPSA) is 20.2 Å². The van der Waals surface area contributed by atoms with Crippen molar-refractivity contribution in [2.75, 3.05) is 0 Å². The van der Waals surface area contributed by atoms with Crippen molar-refractivity contribution in [3.8, 4) is 0 Å². The number of hydrogen-bond donors (Lipinski definition) is 1. The van der Waals surface area contributed by atoms with Crippen LogP contribution in [0.25, 0.3) is 0 Å². The third kappa shape index (κ3) is 6.88. The fraction of sp³-hybridized carbons (Fsp3) is 0.750. The number of aliphatic hydroxyl groups excluding tert-OH is 1. The van der Waals surface area contributed by atoms with Gasteiger partial charge in [-0.15, -0.1) is 0 Å². The van der Waals surface area contributed by atoms with Crippen molar-refractivity contribution in [3.05, 3.63) is 9.15 Å². The maximum atomic E-state index is 8.93. The highest BCUT2D eigenvalue weighted by Crippen LogP contribution is 2.21. The van der Waals surface area contributed by atoms with Crippen molar-refractivity contribution in [2.45, 2.75) is 39.0 Å². The second-order valence-electron chi connectivity index (χ2n) is 2.51. The molecule has 1 N–H and O–H groups in total. The molecule has 1 nitrogen and oxygen atoms in total. The van der Waals surface area contributed by atoms with E-state index in [0.29, 0.717) is 0 Å². The second kappa shape index (κ2) is 7.17. The van der Waals surface area contributed by atoms with Crippen LogP contribution in [-0.2, 0) is 0 Å². The highest BCUT2D eigenvalue weighted by atomic mass is 79.9. The molecule has 0 heterocycles. The Morgan fingerprint density at radius 3 is 2.27 bits per heavy atom. The third-order valence-corrected chi connectivity index (χ3v) is 3.26. The molecular weight excluding hydrogens is 272 g/mol. The maximum Gasteiger partial charge on any atom is 0.169 e. The van der Waals surface area contributed by atoms with E-state index < -0.39 is 0 Å². The summed E-state index contributed by atoms with van der Waals surface area (Å²) in [6.45, 7) is 2.19. The normalized spacial score (nSPS) is 13.0. The molecule has 11 heavy (non-hydrogen) atoms. The molecule has 0 amide bonds. The van der Waals surface area contributed by atoms with Crippen molar-refractivity contribution in [1.29, 1.82) is 0 Å². The summed E-state index contributed by atoms with van der Waals surface area (Å²) in [5.41, 5.74) is 0. The minimum Gasteiger partial charge on any atom is -0.501 e. The minimum atomic E-state index is 0.231. The van der Waals surface area contributed by atoms with E-state index in [0.717, 1.165) is 17.3 Å². The molecule has 0 radical (unpaired) electrons. The van der Waals surface area contributed by atoms with Crippen molar-refractivity contribution >= 4 is 31.9 Å². The lowest BCUT2D eigenvalue weighted by molar-refractivity contribution is 0.455. The number of halogens is 2. The van der Waals surface area contributed by atoms with Crippen LogP contribution in [0.3, 0.4) is 0 Å². The molecule has 0 aromatic heterocycles. The summed E-state index contributed by atoms with van der Waals surface area (Å²) in [6, 6.07) is 0. The van der Waals surface area contributed by atoms with Gasteiger partial charge in [-0.3, -0.25) is 0 Å². The van der Waals surface area contributed by atoms with E-state index in [1.54, 1.807) is 0 Å². The van der Waals surface area contributed by atoms with Gasteiger partial charge in [0.25, 0.3) is 0 Å². The van der Waals surface area contributed by atoms with E-state index >= 15 is 0 Å². The zero-order valence-corrected chi connectivity index (χ0v) is 9.91. The van der Waals surface area contributed by atoms with Crippen LogP contribution in [0.2, 0.25) is 0 Å². The Kier molecular flexibility index (Phi) is 7.49. The fourth-order valence-corrected chi connectivity index (χ4v) is 1.29. The Bertz CT molecular complexity index is 128. The van der Waals surface area contributed by atoms with E-state index in [4.69, 9.17) is 5.11 Å². The zero-order chi connectivity index (χ0) is 8.69. The Morgan fingerprint density at radius 1 is 1.18 bits per heavy atom. The van der Waals surface area contributed by atoms with Crippen LogP contribution in [0, 0.1) is 0 Å². The molecule has 3 heteroatoms. The standard InChI is InChI=1S/C8H14Br2O/c1-2-3-4-5-6-7(9)8(10)11/h11H,2-6H2,1H3/b8-7-. The maximum absolute atomic E-state index is 8.93. The van der Waals surface area contributed by atoms with Gasteiger partial charge in [-0.1, -0.05) is 42.1 Å². The summed E-state index contributed by atoms with van der Waals surface area (Å²) in [5, 5.41) is 8.93. The molecule has 66 valence electrons. The van der Waals surface area contributed by atoms with Gasteiger partial charge < -0.3 is 5.11 Å². The summed E-state index contributed by atoms with van der Waals surface area (Å²) >= 11 is 6.27. The molecule has 0 aromatic carbocycles. The molecule has 0 atom stereocenters. The summed E-state index contributed by atoms with van der Waals surface area (Å²) < 4.78 is 1.10. The third-order valence-electron chi connectivity index (χ3n) is 1.47. The van der Waals surface area contributed by atoms with Crippen LogP contribution >= 0.6 is 31.9 Å². The minimum absolute atomic E-state index is 0.231. The van der Waals surface area contributed by atoms with Crippen molar-refractivity contribution in [3.63, 3.8) is 0 Å². The van der Waals surface area contributed by atoms with Crippen LogP contribution in [0.5, 0.6) is 0 Å². The van der Waals surface area contributed by atoms with Crippen LogP contribution in [-0.4, -0.2) is 5.11 Å². The predicted molar refractivity (Wildman–Crippen MR) is 56.3 cm³/mol. The lowest BCUT2D eigenvalue weighted by Gasteiger charge is -1.98. The molecule has 0 bridgehead atoms. The highest BCUT2D eigenvalue weighted by molar-refractivity contribution is 9.14. The number of aliphatic hydroxyl groups is 1. The van der Waals surface area contributed by atoms with Gasteiger partial charge in [-0.25, -0.2) is 0 Å². The molecular formula is C8H14Br2O. The second-order valence-corrected chi connectivity index (χ2v) is 4.21. The number of unbranched alkanes of at least 4 members (excludes halogenated alkanes) is 3. The molecule has 0 aromatic rings. The predicted octanol–water partition coefficient (Wildman–Crippen LogP) is 4.47. The van der Waals surface area contributed by atoms with Gasteiger partial charge in [0.1, 0.15) is 0 Å². The Labute approximate surface area is 85.1 Å². The Morgan fingerprint density at radius 2 is 1.82 bits per heavy atom. The van der Waals surface area contributed by atoms with E-state index in [9.17, 15) is 0 Å². The van der Waals surface area contributed by atoms with Crippen LogP contribution < -0.4 is 0 Å².